The standard InChI is InChI=1S/C22H24N4O/c23-21(27)19(15-7-3-1-4-8-15)11-16-13-24-22-20(16)12-18(14-25-22)26-17-9-5-2-6-10-17/h1,3-4,7-8,11-14,17,26H,2,5-6,9-10H2,(H2,23,27)(H,24,25)/b19-11+. The number of carbonyl (C=O) groups is 1. The van der Waals surface area contributed by atoms with E-state index < -0.39 is 5.91 Å². The largest absolute Gasteiger partial charge is 0.381 e. The summed E-state index contributed by atoms with van der Waals surface area (Å²) in [7, 11) is 0. The van der Waals surface area contributed by atoms with Crippen LogP contribution in [-0.4, -0.2) is 21.9 Å². The Morgan fingerprint density at radius 3 is 2.70 bits per heavy atom. The van der Waals surface area contributed by atoms with Crippen LogP contribution in [0.4, 0.5) is 5.69 Å². The van der Waals surface area contributed by atoms with E-state index in [1.54, 1.807) is 0 Å². The van der Waals surface area contributed by atoms with Gasteiger partial charge in [-0.2, -0.15) is 0 Å². The quantitative estimate of drug-likeness (QED) is 0.592. The lowest BCUT2D eigenvalue weighted by Gasteiger charge is -2.23. The van der Waals surface area contributed by atoms with Crippen molar-refractivity contribution < 1.29 is 4.79 Å². The van der Waals surface area contributed by atoms with Crippen LogP contribution in [-0.2, 0) is 4.79 Å². The Morgan fingerprint density at radius 2 is 1.96 bits per heavy atom. The number of carbonyl (C=O) groups excluding carboxylic acids is 1. The van der Waals surface area contributed by atoms with Gasteiger partial charge in [0, 0.05) is 28.8 Å². The van der Waals surface area contributed by atoms with Crippen molar-refractivity contribution in [1.82, 2.24) is 9.97 Å². The van der Waals surface area contributed by atoms with Gasteiger partial charge in [-0.05, 0) is 30.5 Å². The van der Waals surface area contributed by atoms with Crippen LogP contribution < -0.4 is 11.1 Å². The first-order valence-electron chi connectivity index (χ1n) is 9.51. The number of anilines is 1. The van der Waals surface area contributed by atoms with E-state index in [0.717, 1.165) is 27.8 Å². The number of fused-ring (bicyclic) bond motifs is 1. The lowest BCUT2D eigenvalue weighted by atomic mass is 9.95. The lowest BCUT2D eigenvalue weighted by molar-refractivity contribution is -0.112. The Bertz CT molecular complexity index is 968. The van der Waals surface area contributed by atoms with E-state index in [4.69, 9.17) is 5.73 Å². The minimum Gasteiger partial charge on any atom is -0.381 e. The van der Waals surface area contributed by atoms with Crippen molar-refractivity contribution in [1.29, 1.82) is 0 Å². The van der Waals surface area contributed by atoms with Crippen LogP contribution in [0.25, 0.3) is 22.7 Å². The number of aromatic nitrogens is 2. The van der Waals surface area contributed by atoms with E-state index in [1.807, 2.05) is 48.8 Å². The van der Waals surface area contributed by atoms with Crippen LogP contribution >= 0.6 is 0 Å². The molecular formula is C22H24N4O. The summed E-state index contributed by atoms with van der Waals surface area (Å²) in [5, 5.41) is 4.59. The molecule has 4 N–H and O–H groups in total. The normalized spacial score (nSPS) is 15.8. The number of benzene rings is 1. The van der Waals surface area contributed by atoms with Crippen LogP contribution in [0, 0.1) is 0 Å². The molecular weight excluding hydrogens is 336 g/mol. The van der Waals surface area contributed by atoms with Crippen LogP contribution in [0.5, 0.6) is 0 Å². The number of nitrogens with two attached hydrogens (primary N) is 1. The molecule has 27 heavy (non-hydrogen) atoms. The second kappa shape index (κ2) is 7.66. The molecule has 1 aromatic carbocycles. The van der Waals surface area contributed by atoms with Crippen LogP contribution in [0.2, 0.25) is 0 Å². The Balaban J connectivity index is 1.68. The molecule has 2 aromatic heterocycles. The molecule has 5 nitrogen and oxygen atoms in total. The van der Waals surface area contributed by atoms with Gasteiger partial charge in [0.2, 0.25) is 5.91 Å². The van der Waals surface area contributed by atoms with Crippen molar-refractivity contribution in [3.63, 3.8) is 0 Å². The predicted octanol–water partition coefficient (Wildman–Crippen LogP) is 4.33. The van der Waals surface area contributed by atoms with Gasteiger partial charge in [-0.15, -0.1) is 0 Å². The highest BCUT2D eigenvalue weighted by atomic mass is 16.1. The number of aromatic amines is 1. The molecule has 0 aliphatic heterocycles. The molecule has 4 rings (SSSR count). The molecule has 1 fully saturated rings. The summed E-state index contributed by atoms with van der Waals surface area (Å²) >= 11 is 0. The fourth-order valence-electron chi connectivity index (χ4n) is 3.77. The molecule has 0 atom stereocenters. The Labute approximate surface area is 158 Å². The summed E-state index contributed by atoms with van der Waals surface area (Å²) in [6.07, 6.45) is 11.9. The number of pyridine rings is 1. The molecule has 0 radical (unpaired) electrons. The average molecular weight is 360 g/mol. The Hall–Kier alpha value is -3.08. The predicted molar refractivity (Wildman–Crippen MR) is 110 cm³/mol. The summed E-state index contributed by atoms with van der Waals surface area (Å²) in [4.78, 5) is 19.7. The molecule has 1 amide bonds. The van der Waals surface area contributed by atoms with Gasteiger partial charge in [-0.1, -0.05) is 49.6 Å². The third-order valence-electron chi connectivity index (χ3n) is 5.19. The summed E-state index contributed by atoms with van der Waals surface area (Å²) < 4.78 is 0. The second-order valence-corrected chi connectivity index (χ2v) is 7.13. The highest BCUT2D eigenvalue weighted by Crippen LogP contribution is 2.27. The van der Waals surface area contributed by atoms with Gasteiger partial charge in [0.25, 0.3) is 0 Å². The zero-order valence-corrected chi connectivity index (χ0v) is 15.2. The van der Waals surface area contributed by atoms with Gasteiger partial charge in [0.1, 0.15) is 5.65 Å². The van der Waals surface area contributed by atoms with E-state index in [9.17, 15) is 4.79 Å². The van der Waals surface area contributed by atoms with Crippen molar-refractivity contribution in [2.75, 3.05) is 5.32 Å². The molecule has 1 aliphatic carbocycles. The van der Waals surface area contributed by atoms with Crippen molar-refractivity contribution in [3.8, 4) is 0 Å². The first kappa shape index (κ1) is 17.3. The number of rotatable bonds is 5. The highest BCUT2D eigenvalue weighted by molar-refractivity contribution is 6.24. The summed E-state index contributed by atoms with van der Waals surface area (Å²) in [6.45, 7) is 0. The smallest absolute Gasteiger partial charge is 0.249 e. The van der Waals surface area contributed by atoms with Crippen molar-refractivity contribution in [3.05, 3.63) is 59.9 Å². The first-order valence-corrected chi connectivity index (χ1v) is 9.51. The Kier molecular flexibility index (Phi) is 4.92. The zero-order valence-electron chi connectivity index (χ0n) is 15.2. The molecule has 3 aromatic rings. The number of amides is 1. The minimum atomic E-state index is -0.444. The molecule has 1 aliphatic rings. The Morgan fingerprint density at radius 1 is 1.19 bits per heavy atom. The monoisotopic (exact) mass is 360 g/mol. The zero-order chi connectivity index (χ0) is 18.6. The SMILES string of the molecule is NC(=O)/C(=C/c1c[nH]c2ncc(NC3CCCCC3)cc12)c1ccccc1. The second-order valence-electron chi connectivity index (χ2n) is 7.13. The van der Waals surface area contributed by atoms with Crippen molar-refractivity contribution >= 4 is 34.3 Å². The maximum atomic E-state index is 12.0. The number of hydrogen-bond donors (Lipinski definition) is 3. The van der Waals surface area contributed by atoms with Gasteiger partial charge >= 0.3 is 0 Å². The molecule has 0 bridgehead atoms. The minimum absolute atomic E-state index is 0.444. The molecule has 0 unspecified atom stereocenters. The third kappa shape index (κ3) is 3.87. The number of H-pyrrole nitrogens is 1. The topological polar surface area (TPSA) is 83.8 Å². The van der Waals surface area contributed by atoms with Gasteiger partial charge in [-0.3, -0.25) is 4.79 Å². The highest BCUT2D eigenvalue weighted by Gasteiger charge is 2.14. The molecule has 0 spiro atoms. The van der Waals surface area contributed by atoms with Crippen LogP contribution in [0.15, 0.2) is 48.8 Å². The van der Waals surface area contributed by atoms with E-state index >= 15 is 0 Å². The molecule has 138 valence electrons. The number of nitrogens with zero attached hydrogens (tertiary/aromatic N) is 1. The maximum Gasteiger partial charge on any atom is 0.249 e. The molecule has 2 heterocycles. The fourth-order valence-corrected chi connectivity index (χ4v) is 3.77. The molecule has 1 saturated carbocycles. The maximum absolute atomic E-state index is 12.0. The summed E-state index contributed by atoms with van der Waals surface area (Å²) in [5.74, 6) is -0.444. The number of primary amides is 1. The summed E-state index contributed by atoms with van der Waals surface area (Å²) in [6, 6.07) is 12.1. The van der Waals surface area contributed by atoms with Gasteiger partial charge in [-0.25, -0.2) is 4.98 Å². The molecule has 5 heteroatoms. The number of nitrogens with one attached hydrogen (secondary N) is 2. The van der Waals surface area contributed by atoms with Crippen LogP contribution in [0.3, 0.4) is 0 Å². The van der Waals surface area contributed by atoms with E-state index in [1.165, 1.54) is 32.1 Å². The molecule has 0 saturated heterocycles. The van der Waals surface area contributed by atoms with Gasteiger partial charge < -0.3 is 16.0 Å². The lowest BCUT2D eigenvalue weighted by Crippen LogP contribution is -2.22. The summed E-state index contributed by atoms with van der Waals surface area (Å²) in [5.41, 5.74) is 9.66. The fraction of sp³-hybridized carbons (Fsp3) is 0.273. The number of hydrogen-bond acceptors (Lipinski definition) is 3. The van der Waals surface area contributed by atoms with Crippen LogP contribution in [0.1, 0.15) is 43.2 Å². The van der Waals surface area contributed by atoms with Crippen molar-refractivity contribution in [2.24, 2.45) is 5.73 Å². The van der Waals surface area contributed by atoms with E-state index in [2.05, 4.69) is 21.4 Å². The van der Waals surface area contributed by atoms with E-state index in [-0.39, 0.29) is 0 Å². The average Bonchev–Trinajstić information content (AvgIpc) is 3.09. The van der Waals surface area contributed by atoms with Gasteiger partial charge in [0.05, 0.1) is 11.9 Å². The first-order chi connectivity index (χ1) is 13.2. The van der Waals surface area contributed by atoms with Crippen molar-refractivity contribution in [2.45, 2.75) is 38.1 Å². The van der Waals surface area contributed by atoms with E-state index in [0.29, 0.717) is 11.6 Å². The van der Waals surface area contributed by atoms with Gasteiger partial charge in [0.15, 0.2) is 0 Å². The third-order valence-corrected chi connectivity index (χ3v) is 5.19.